The number of allylic oxidation sites excluding steroid dienone is 1. The van der Waals surface area contributed by atoms with E-state index in [9.17, 15) is 18.0 Å². The van der Waals surface area contributed by atoms with Crippen LogP contribution in [0.25, 0.3) is 11.1 Å². The summed E-state index contributed by atoms with van der Waals surface area (Å²) in [6.07, 6.45) is 1.12. The predicted molar refractivity (Wildman–Crippen MR) is 117 cm³/mol. The lowest BCUT2D eigenvalue weighted by atomic mass is 9.79. The van der Waals surface area contributed by atoms with E-state index >= 15 is 0 Å². The maximum Gasteiger partial charge on any atom is 0.573 e. The molecule has 0 aliphatic heterocycles. The van der Waals surface area contributed by atoms with Crippen molar-refractivity contribution in [2.45, 2.75) is 52.8 Å². The number of halogens is 3. The molecule has 0 radical (unpaired) electrons. The predicted octanol–water partition coefficient (Wildman–Crippen LogP) is 7.29. The second kappa shape index (κ2) is 9.16. The molecule has 0 heterocycles. The minimum absolute atomic E-state index is 0.0594. The van der Waals surface area contributed by atoms with Gasteiger partial charge in [0.1, 0.15) is 5.75 Å². The fourth-order valence-corrected chi connectivity index (χ4v) is 3.74. The fraction of sp³-hybridized carbons (Fsp3) is 0.400. The molecule has 2 aromatic carbocycles. The number of rotatable bonds is 7. The normalized spacial score (nSPS) is 14.9. The monoisotopic (exact) mass is 431 g/mol. The quantitative estimate of drug-likeness (QED) is 0.431. The Morgan fingerprint density at radius 2 is 1.84 bits per heavy atom. The smallest absolute Gasteiger partial charge is 0.406 e. The number of hydrogen-bond donors (Lipinski definition) is 0. The second-order valence-corrected chi connectivity index (χ2v) is 8.17. The topological polar surface area (TPSA) is 29.5 Å². The molecule has 166 valence electrons. The van der Waals surface area contributed by atoms with Crippen molar-refractivity contribution in [3.05, 3.63) is 59.3 Å². The highest BCUT2D eigenvalue weighted by Gasteiger charge is 2.31. The first-order chi connectivity index (χ1) is 14.6. The lowest BCUT2D eigenvalue weighted by Gasteiger charge is -2.26. The Bertz CT molecular complexity index is 973. The van der Waals surface area contributed by atoms with Crippen LogP contribution in [0.3, 0.4) is 0 Å². The molecule has 2 aromatic rings. The summed E-state index contributed by atoms with van der Waals surface area (Å²) >= 11 is 0. The Hall–Kier alpha value is -2.76. The zero-order valence-electron chi connectivity index (χ0n) is 18.3. The van der Waals surface area contributed by atoms with Gasteiger partial charge in [-0.05, 0) is 74.1 Å². The lowest BCUT2D eigenvalue weighted by Crippen LogP contribution is -2.22. The van der Waals surface area contributed by atoms with Crippen molar-refractivity contribution in [3.63, 3.8) is 0 Å². The molecule has 1 aliphatic rings. The minimum atomic E-state index is -4.73. The summed E-state index contributed by atoms with van der Waals surface area (Å²) < 4.78 is 41.5. The van der Waals surface area contributed by atoms with E-state index in [1.807, 2.05) is 37.2 Å². The molecule has 31 heavy (non-hydrogen) atoms. The van der Waals surface area contributed by atoms with Crippen LogP contribution in [0.15, 0.2) is 48.2 Å². The summed E-state index contributed by atoms with van der Waals surface area (Å²) in [4.78, 5) is 15.0. The molecular formula is C25H28F3NO2. The third-order valence-electron chi connectivity index (χ3n) is 5.89. The summed E-state index contributed by atoms with van der Waals surface area (Å²) in [5, 5.41) is 0. The van der Waals surface area contributed by atoms with Gasteiger partial charge in [0.2, 0.25) is 0 Å². The van der Waals surface area contributed by atoms with Gasteiger partial charge < -0.3 is 9.64 Å². The van der Waals surface area contributed by atoms with Gasteiger partial charge in [0.25, 0.3) is 0 Å². The van der Waals surface area contributed by atoms with Gasteiger partial charge >= 0.3 is 6.36 Å². The molecule has 0 aromatic heterocycles. The molecule has 0 amide bonds. The van der Waals surface area contributed by atoms with Crippen molar-refractivity contribution >= 4 is 11.5 Å². The number of carbonyl (C=O) groups excluding carboxylic acids is 1. The van der Waals surface area contributed by atoms with Gasteiger partial charge in [-0.15, -0.1) is 13.2 Å². The molecular weight excluding hydrogens is 403 g/mol. The summed E-state index contributed by atoms with van der Waals surface area (Å²) in [6, 6.07) is 9.58. The summed E-state index contributed by atoms with van der Waals surface area (Å²) in [7, 11) is 1.95. The van der Waals surface area contributed by atoms with Gasteiger partial charge in [-0.3, -0.25) is 4.79 Å². The third-order valence-corrected chi connectivity index (χ3v) is 5.89. The van der Waals surface area contributed by atoms with E-state index in [-0.39, 0.29) is 17.5 Å². The van der Waals surface area contributed by atoms with Crippen LogP contribution in [0.2, 0.25) is 0 Å². The molecule has 0 unspecified atom stereocenters. The standard InChI is InChI=1S/C25H28F3NO2/c1-5-16(2)15-29(4)23-14-20(24(30)19-7-6-8-19)13-22(17(23)3)18-9-11-21(12-10-18)31-25(26,27)28/h9-15,19H,5-8H2,1-4H3/b16-15+. The zero-order valence-corrected chi connectivity index (χ0v) is 18.3. The van der Waals surface area contributed by atoms with Crippen LogP contribution in [-0.2, 0) is 0 Å². The number of benzene rings is 2. The van der Waals surface area contributed by atoms with Crippen LogP contribution >= 0.6 is 0 Å². The Labute approximate surface area is 181 Å². The molecule has 1 fully saturated rings. The van der Waals surface area contributed by atoms with Crippen LogP contribution in [0.1, 0.15) is 55.5 Å². The van der Waals surface area contributed by atoms with Gasteiger partial charge in [-0.2, -0.15) is 0 Å². The van der Waals surface area contributed by atoms with E-state index in [0.29, 0.717) is 5.56 Å². The van der Waals surface area contributed by atoms with Crippen LogP contribution < -0.4 is 9.64 Å². The van der Waals surface area contributed by atoms with E-state index in [2.05, 4.69) is 18.6 Å². The molecule has 0 atom stereocenters. The molecule has 0 spiro atoms. The van der Waals surface area contributed by atoms with Gasteiger partial charge in [-0.25, -0.2) is 0 Å². The summed E-state index contributed by atoms with van der Waals surface area (Å²) in [6.45, 7) is 6.10. The lowest BCUT2D eigenvalue weighted by molar-refractivity contribution is -0.274. The highest BCUT2D eigenvalue weighted by molar-refractivity contribution is 6.01. The molecule has 0 saturated heterocycles. The van der Waals surface area contributed by atoms with Crippen molar-refractivity contribution in [2.24, 2.45) is 5.92 Å². The van der Waals surface area contributed by atoms with Crippen molar-refractivity contribution in [1.29, 1.82) is 0 Å². The molecule has 3 nitrogen and oxygen atoms in total. The van der Waals surface area contributed by atoms with Crippen LogP contribution in [0, 0.1) is 12.8 Å². The van der Waals surface area contributed by atoms with Crippen molar-refractivity contribution in [2.75, 3.05) is 11.9 Å². The van der Waals surface area contributed by atoms with Gasteiger partial charge in [-0.1, -0.05) is 31.1 Å². The maximum absolute atomic E-state index is 13.0. The maximum atomic E-state index is 13.0. The Kier molecular flexibility index (Phi) is 6.77. The van der Waals surface area contributed by atoms with Crippen LogP contribution in [-0.4, -0.2) is 19.2 Å². The molecule has 3 rings (SSSR count). The SMILES string of the molecule is CC/C(C)=C/N(C)c1cc(C(=O)C2CCC2)cc(-c2ccc(OC(F)(F)F)cc2)c1C. The molecule has 6 heteroatoms. The van der Waals surface area contributed by atoms with E-state index < -0.39 is 6.36 Å². The Morgan fingerprint density at radius 1 is 1.19 bits per heavy atom. The fourth-order valence-electron chi connectivity index (χ4n) is 3.74. The van der Waals surface area contributed by atoms with E-state index in [1.165, 1.54) is 17.7 Å². The number of anilines is 1. The largest absolute Gasteiger partial charge is 0.573 e. The number of hydrogen-bond acceptors (Lipinski definition) is 3. The molecule has 0 bridgehead atoms. The van der Waals surface area contributed by atoms with Gasteiger partial charge in [0.15, 0.2) is 5.78 Å². The third kappa shape index (κ3) is 5.49. The summed E-state index contributed by atoms with van der Waals surface area (Å²) in [5.41, 5.74) is 5.27. The first kappa shape index (κ1) is 22.9. The van der Waals surface area contributed by atoms with Crippen LogP contribution in [0.5, 0.6) is 5.75 Å². The van der Waals surface area contributed by atoms with E-state index in [4.69, 9.17) is 0 Å². The number of carbonyl (C=O) groups is 1. The average molecular weight is 431 g/mol. The first-order valence-corrected chi connectivity index (χ1v) is 10.5. The molecule has 1 aliphatic carbocycles. The average Bonchev–Trinajstić information content (AvgIpc) is 2.66. The highest BCUT2D eigenvalue weighted by atomic mass is 19.4. The van der Waals surface area contributed by atoms with Crippen LogP contribution in [0.4, 0.5) is 18.9 Å². The number of Topliss-reactive ketones (excluding diaryl/α,β-unsaturated/α-hetero) is 1. The first-order valence-electron chi connectivity index (χ1n) is 10.5. The Balaban J connectivity index is 2.05. The number of nitrogens with zero attached hydrogens (tertiary/aromatic N) is 1. The van der Waals surface area contributed by atoms with Crippen molar-refractivity contribution in [3.8, 4) is 16.9 Å². The zero-order chi connectivity index (χ0) is 22.8. The summed E-state index contributed by atoms with van der Waals surface area (Å²) in [5.74, 6) is -0.0750. The van der Waals surface area contributed by atoms with Crippen molar-refractivity contribution in [1.82, 2.24) is 0 Å². The van der Waals surface area contributed by atoms with Crippen molar-refractivity contribution < 1.29 is 22.7 Å². The minimum Gasteiger partial charge on any atom is -0.406 e. The van der Waals surface area contributed by atoms with Gasteiger partial charge in [0, 0.05) is 30.4 Å². The van der Waals surface area contributed by atoms with E-state index in [1.54, 1.807) is 12.1 Å². The van der Waals surface area contributed by atoms with Gasteiger partial charge in [0.05, 0.1) is 0 Å². The molecule has 1 saturated carbocycles. The number of alkyl halides is 3. The molecule has 0 N–H and O–H groups in total. The number of ketones is 1. The highest BCUT2D eigenvalue weighted by Crippen LogP contribution is 2.37. The second-order valence-electron chi connectivity index (χ2n) is 8.17. The number of ether oxygens (including phenoxy) is 1. The Morgan fingerprint density at radius 3 is 2.35 bits per heavy atom. The van der Waals surface area contributed by atoms with E-state index in [0.717, 1.165) is 48.1 Å².